The van der Waals surface area contributed by atoms with Crippen molar-refractivity contribution in [1.29, 1.82) is 0 Å². The number of aromatic amines is 1. The van der Waals surface area contributed by atoms with Crippen LogP contribution in [-0.2, 0) is 13.1 Å². The highest BCUT2D eigenvalue weighted by atomic mass is 16.5. The fourth-order valence-corrected chi connectivity index (χ4v) is 3.22. The second kappa shape index (κ2) is 7.37. The lowest BCUT2D eigenvalue weighted by molar-refractivity contribution is 0.408. The Morgan fingerprint density at radius 2 is 1.92 bits per heavy atom. The van der Waals surface area contributed by atoms with Gasteiger partial charge in [-0.1, -0.05) is 30.3 Å². The summed E-state index contributed by atoms with van der Waals surface area (Å²) in [6.45, 7) is 1.41. The Balaban J connectivity index is 1.55. The van der Waals surface area contributed by atoms with E-state index in [9.17, 15) is 0 Å². The standard InChI is InChI=1S/C21H20N4O/c1-26-20-9-8-15-5-2-3-7-18(15)19(20)14-23-12-17-13-24-25-21(17)16-6-4-10-22-11-16/h2-11,13,23H,12,14H2,1H3,(H,24,25). The Kier molecular flexibility index (Phi) is 4.62. The van der Waals surface area contributed by atoms with Crippen LogP contribution >= 0.6 is 0 Å². The van der Waals surface area contributed by atoms with Gasteiger partial charge in [-0.25, -0.2) is 0 Å². The van der Waals surface area contributed by atoms with Gasteiger partial charge in [-0.2, -0.15) is 5.10 Å². The quantitative estimate of drug-likeness (QED) is 0.556. The van der Waals surface area contributed by atoms with Gasteiger partial charge in [-0.05, 0) is 29.0 Å². The minimum atomic E-state index is 0.701. The first-order valence-corrected chi connectivity index (χ1v) is 8.55. The Morgan fingerprint density at radius 3 is 2.77 bits per heavy atom. The lowest BCUT2D eigenvalue weighted by atomic mass is 10.0. The molecular formula is C21H20N4O. The van der Waals surface area contributed by atoms with E-state index >= 15 is 0 Å². The predicted octanol–water partition coefficient (Wildman–Crippen LogP) is 3.92. The van der Waals surface area contributed by atoms with Crippen LogP contribution < -0.4 is 10.1 Å². The van der Waals surface area contributed by atoms with Crippen LogP contribution in [0.2, 0.25) is 0 Å². The molecule has 130 valence electrons. The fraction of sp³-hybridized carbons (Fsp3) is 0.143. The second-order valence-corrected chi connectivity index (χ2v) is 6.08. The van der Waals surface area contributed by atoms with Crippen molar-refractivity contribution >= 4 is 10.8 Å². The molecule has 0 fully saturated rings. The fourth-order valence-electron chi connectivity index (χ4n) is 3.22. The molecular weight excluding hydrogens is 324 g/mol. The van der Waals surface area contributed by atoms with Crippen LogP contribution in [0.3, 0.4) is 0 Å². The maximum Gasteiger partial charge on any atom is 0.123 e. The number of ether oxygens (including phenoxy) is 1. The molecule has 5 nitrogen and oxygen atoms in total. The summed E-state index contributed by atoms with van der Waals surface area (Å²) in [5, 5.41) is 13.2. The van der Waals surface area contributed by atoms with Crippen LogP contribution in [0, 0.1) is 0 Å². The summed E-state index contributed by atoms with van der Waals surface area (Å²) >= 11 is 0. The monoisotopic (exact) mass is 344 g/mol. The summed E-state index contributed by atoms with van der Waals surface area (Å²) in [6, 6.07) is 16.4. The number of benzene rings is 2. The van der Waals surface area contributed by atoms with Gasteiger partial charge in [0.1, 0.15) is 5.75 Å². The summed E-state index contributed by atoms with van der Waals surface area (Å²) in [7, 11) is 1.71. The predicted molar refractivity (Wildman–Crippen MR) is 103 cm³/mol. The number of hydrogen-bond acceptors (Lipinski definition) is 4. The van der Waals surface area contributed by atoms with E-state index in [2.05, 4.69) is 50.8 Å². The Labute approximate surface area is 152 Å². The SMILES string of the molecule is COc1ccc2ccccc2c1CNCc1cn[nH]c1-c1cccnc1. The van der Waals surface area contributed by atoms with E-state index in [1.807, 2.05) is 30.6 Å². The molecule has 0 aliphatic carbocycles. The lowest BCUT2D eigenvalue weighted by Gasteiger charge is -2.13. The van der Waals surface area contributed by atoms with Crippen LogP contribution in [0.5, 0.6) is 5.75 Å². The van der Waals surface area contributed by atoms with Gasteiger partial charge >= 0.3 is 0 Å². The molecule has 0 spiro atoms. The van der Waals surface area contributed by atoms with Crippen molar-refractivity contribution < 1.29 is 4.74 Å². The molecule has 0 bridgehead atoms. The van der Waals surface area contributed by atoms with Crippen molar-refractivity contribution in [2.75, 3.05) is 7.11 Å². The lowest BCUT2D eigenvalue weighted by Crippen LogP contribution is -2.14. The summed E-state index contributed by atoms with van der Waals surface area (Å²) in [6.07, 6.45) is 5.46. The van der Waals surface area contributed by atoms with Crippen LogP contribution in [0.15, 0.2) is 67.1 Å². The molecule has 4 rings (SSSR count). The van der Waals surface area contributed by atoms with E-state index in [1.165, 1.54) is 10.8 Å². The number of fused-ring (bicyclic) bond motifs is 1. The number of H-pyrrole nitrogens is 1. The van der Waals surface area contributed by atoms with E-state index in [-0.39, 0.29) is 0 Å². The topological polar surface area (TPSA) is 62.8 Å². The number of aromatic nitrogens is 3. The number of hydrogen-bond donors (Lipinski definition) is 2. The molecule has 2 aromatic heterocycles. The molecule has 26 heavy (non-hydrogen) atoms. The van der Waals surface area contributed by atoms with Crippen molar-refractivity contribution in [3.8, 4) is 17.0 Å². The van der Waals surface area contributed by atoms with Gasteiger partial charge in [0.05, 0.1) is 19.0 Å². The molecule has 2 heterocycles. The summed E-state index contributed by atoms with van der Waals surface area (Å²) in [5.41, 5.74) is 4.30. The molecule has 5 heteroatoms. The third-order valence-corrected chi connectivity index (χ3v) is 4.50. The van der Waals surface area contributed by atoms with E-state index in [0.717, 1.165) is 28.1 Å². The van der Waals surface area contributed by atoms with E-state index in [1.54, 1.807) is 13.3 Å². The zero-order valence-corrected chi connectivity index (χ0v) is 14.6. The van der Waals surface area contributed by atoms with Crippen LogP contribution in [0.4, 0.5) is 0 Å². The van der Waals surface area contributed by atoms with Gasteiger partial charge < -0.3 is 10.1 Å². The van der Waals surface area contributed by atoms with Gasteiger partial charge in [0.25, 0.3) is 0 Å². The summed E-state index contributed by atoms with van der Waals surface area (Å²) in [5.74, 6) is 0.899. The number of nitrogens with zero attached hydrogens (tertiary/aromatic N) is 2. The van der Waals surface area contributed by atoms with Crippen molar-refractivity contribution in [2.45, 2.75) is 13.1 Å². The number of rotatable bonds is 6. The van der Waals surface area contributed by atoms with Gasteiger partial charge in [-0.3, -0.25) is 10.1 Å². The van der Waals surface area contributed by atoms with Crippen LogP contribution in [0.1, 0.15) is 11.1 Å². The van der Waals surface area contributed by atoms with Gasteiger partial charge in [0.15, 0.2) is 0 Å². The molecule has 0 saturated carbocycles. The third-order valence-electron chi connectivity index (χ3n) is 4.50. The van der Waals surface area contributed by atoms with Gasteiger partial charge in [0.2, 0.25) is 0 Å². The highest BCUT2D eigenvalue weighted by molar-refractivity contribution is 5.87. The Hall–Kier alpha value is -3.18. The molecule has 0 aliphatic heterocycles. The Morgan fingerprint density at radius 1 is 1.00 bits per heavy atom. The van der Waals surface area contributed by atoms with Gasteiger partial charge in [-0.15, -0.1) is 0 Å². The molecule has 0 saturated heterocycles. The highest BCUT2D eigenvalue weighted by Gasteiger charge is 2.10. The van der Waals surface area contributed by atoms with E-state index in [4.69, 9.17) is 4.74 Å². The molecule has 0 unspecified atom stereocenters. The van der Waals surface area contributed by atoms with Crippen LogP contribution in [-0.4, -0.2) is 22.3 Å². The third kappa shape index (κ3) is 3.17. The molecule has 0 atom stereocenters. The summed E-state index contributed by atoms with van der Waals surface area (Å²) in [4.78, 5) is 4.18. The van der Waals surface area contributed by atoms with Crippen molar-refractivity contribution in [2.24, 2.45) is 0 Å². The number of pyridine rings is 1. The summed E-state index contributed by atoms with van der Waals surface area (Å²) < 4.78 is 5.57. The molecule has 4 aromatic rings. The molecule has 0 aliphatic rings. The molecule has 2 N–H and O–H groups in total. The van der Waals surface area contributed by atoms with E-state index in [0.29, 0.717) is 13.1 Å². The molecule has 2 aromatic carbocycles. The van der Waals surface area contributed by atoms with Crippen LogP contribution in [0.25, 0.3) is 22.0 Å². The zero-order chi connectivity index (χ0) is 17.8. The smallest absolute Gasteiger partial charge is 0.123 e. The number of nitrogens with one attached hydrogen (secondary N) is 2. The van der Waals surface area contributed by atoms with Gasteiger partial charge in [0, 0.05) is 42.2 Å². The minimum absolute atomic E-state index is 0.701. The van der Waals surface area contributed by atoms with Crippen molar-refractivity contribution in [3.05, 3.63) is 78.2 Å². The maximum absolute atomic E-state index is 5.57. The molecule has 0 radical (unpaired) electrons. The first-order valence-electron chi connectivity index (χ1n) is 8.55. The normalized spacial score (nSPS) is 11.0. The largest absolute Gasteiger partial charge is 0.496 e. The first kappa shape index (κ1) is 16.3. The van der Waals surface area contributed by atoms with E-state index < -0.39 is 0 Å². The number of methoxy groups -OCH3 is 1. The first-order chi connectivity index (χ1) is 12.9. The zero-order valence-electron chi connectivity index (χ0n) is 14.6. The second-order valence-electron chi connectivity index (χ2n) is 6.08. The highest BCUT2D eigenvalue weighted by Crippen LogP contribution is 2.28. The van der Waals surface area contributed by atoms with Crippen molar-refractivity contribution in [1.82, 2.24) is 20.5 Å². The maximum atomic E-state index is 5.57. The van der Waals surface area contributed by atoms with Crippen molar-refractivity contribution in [3.63, 3.8) is 0 Å². The Bertz CT molecular complexity index is 1010. The average Bonchev–Trinajstić information content (AvgIpc) is 3.17. The average molecular weight is 344 g/mol. The minimum Gasteiger partial charge on any atom is -0.496 e. The molecule has 0 amide bonds.